The molecule has 1 saturated carbocycles. The van der Waals surface area contributed by atoms with Crippen molar-refractivity contribution in [1.29, 1.82) is 0 Å². The summed E-state index contributed by atoms with van der Waals surface area (Å²) in [4.78, 5) is 17.7. The molecule has 1 saturated heterocycles. The van der Waals surface area contributed by atoms with E-state index in [1.807, 2.05) is 12.1 Å². The highest BCUT2D eigenvalue weighted by Crippen LogP contribution is 2.28. The van der Waals surface area contributed by atoms with Gasteiger partial charge in [-0.05, 0) is 51.7 Å². The summed E-state index contributed by atoms with van der Waals surface area (Å²) in [7, 11) is 0. The highest BCUT2D eigenvalue weighted by Gasteiger charge is 2.29. The largest absolute Gasteiger partial charge is 0.367 e. The minimum atomic E-state index is 0.401. The fourth-order valence-electron chi connectivity index (χ4n) is 4.80. The van der Waals surface area contributed by atoms with Gasteiger partial charge < -0.3 is 10.2 Å². The zero-order valence-electron chi connectivity index (χ0n) is 17.6. The van der Waals surface area contributed by atoms with E-state index in [4.69, 9.17) is 6.57 Å². The molecule has 1 aliphatic heterocycles. The number of rotatable bonds is 5. The molecule has 29 heavy (non-hydrogen) atoms. The van der Waals surface area contributed by atoms with Crippen LogP contribution in [-0.2, 0) is 6.54 Å². The number of piperazine rings is 1. The Bertz CT molecular complexity index is 857. The molecule has 2 aliphatic rings. The van der Waals surface area contributed by atoms with Crippen LogP contribution in [0.25, 0.3) is 15.7 Å². The maximum Gasteiger partial charge on any atom is 0.239 e. The van der Waals surface area contributed by atoms with Gasteiger partial charge in [0, 0.05) is 55.3 Å². The van der Waals surface area contributed by atoms with Crippen molar-refractivity contribution in [3.05, 3.63) is 41.5 Å². The molecule has 2 aromatic rings. The first kappa shape index (κ1) is 20.1. The van der Waals surface area contributed by atoms with Crippen LogP contribution in [0.3, 0.4) is 0 Å². The van der Waals surface area contributed by atoms with Crippen LogP contribution in [0.2, 0.25) is 0 Å². The van der Waals surface area contributed by atoms with Crippen molar-refractivity contribution in [2.24, 2.45) is 0 Å². The van der Waals surface area contributed by atoms with E-state index in [-0.39, 0.29) is 0 Å². The zero-order valence-corrected chi connectivity index (χ0v) is 17.6. The van der Waals surface area contributed by atoms with Crippen molar-refractivity contribution in [3.63, 3.8) is 0 Å². The summed E-state index contributed by atoms with van der Waals surface area (Å²) in [6, 6.07) is 7.95. The molecular weight excluding hydrogens is 360 g/mol. The van der Waals surface area contributed by atoms with E-state index in [0.717, 1.165) is 28.3 Å². The second kappa shape index (κ2) is 9.06. The second-order valence-electron chi connectivity index (χ2n) is 8.71. The first-order valence-electron chi connectivity index (χ1n) is 11.0. The maximum atomic E-state index is 7.05. The molecule has 1 aliphatic carbocycles. The lowest BCUT2D eigenvalue weighted by atomic mass is 9.89. The second-order valence-corrected chi connectivity index (χ2v) is 8.71. The van der Waals surface area contributed by atoms with Crippen molar-refractivity contribution in [3.8, 4) is 0 Å². The molecule has 0 radical (unpaired) electrons. The summed E-state index contributed by atoms with van der Waals surface area (Å²) < 4.78 is 0. The monoisotopic (exact) mass is 392 g/mol. The number of anilines is 1. The molecule has 0 unspecified atom stereocenters. The Morgan fingerprint density at radius 2 is 1.86 bits per heavy atom. The van der Waals surface area contributed by atoms with E-state index in [9.17, 15) is 0 Å². The lowest BCUT2D eigenvalue weighted by Gasteiger charge is -2.43. The van der Waals surface area contributed by atoms with Crippen LogP contribution in [0.15, 0.2) is 24.5 Å². The summed E-state index contributed by atoms with van der Waals surface area (Å²) >= 11 is 0. The molecule has 0 amide bonds. The SMILES string of the molecule is [C-]#[N+]Cc1ccc2c(NC3CCC(N4CCN(C(C)C)CC4)CC3)ncnc2c1. The quantitative estimate of drug-likeness (QED) is 0.785. The molecule has 1 aromatic carbocycles. The lowest BCUT2D eigenvalue weighted by molar-refractivity contribution is 0.0631. The molecule has 1 N–H and O–H groups in total. The van der Waals surface area contributed by atoms with Gasteiger partial charge in [-0.3, -0.25) is 9.80 Å². The highest BCUT2D eigenvalue weighted by molar-refractivity contribution is 5.89. The smallest absolute Gasteiger partial charge is 0.239 e. The third-order valence-corrected chi connectivity index (χ3v) is 6.60. The molecule has 6 heteroatoms. The molecule has 2 heterocycles. The van der Waals surface area contributed by atoms with Crippen LogP contribution in [0.5, 0.6) is 0 Å². The van der Waals surface area contributed by atoms with Crippen molar-refractivity contribution >= 4 is 16.7 Å². The van der Waals surface area contributed by atoms with Gasteiger partial charge in [-0.15, -0.1) is 0 Å². The van der Waals surface area contributed by atoms with Crippen LogP contribution in [0, 0.1) is 6.57 Å². The number of fused-ring (bicyclic) bond motifs is 1. The Labute approximate surface area is 174 Å². The van der Waals surface area contributed by atoms with E-state index < -0.39 is 0 Å². The van der Waals surface area contributed by atoms with Gasteiger partial charge in [0.1, 0.15) is 12.1 Å². The van der Waals surface area contributed by atoms with Crippen LogP contribution >= 0.6 is 0 Å². The number of hydrogen-bond acceptors (Lipinski definition) is 5. The molecule has 0 atom stereocenters. The summed E-state index contributed by atoms with van der Waals surface area (Å²) in [5, 5.41) is 4.73. The number of hydrogen-bond donors (Lipinski definition) is 1. The van der Waals surface area contributed by atoms with Gasteiger partial charge in [-0.1, -0.05) is 6.07 Å². The molecule has 0 spiro atoms. The zero-order chi connectivity index (χ0) is 20.2. The van der Waals surface area contributed by atoms with Crippen LogP contribution in [-0.4, -0.2) is 64.1 Å². The Morgan fingerprint density at radius 3 is 2.55 bits per heavy atom. The van der Waals surface area contributed by atoms with Crippen LogP contribution < -0.4 is 5.32 Å². The Kier molecular flexibility index (Phi) is 6.27. The Morgan fingerprint density at radius 1 is 1.10 bits per heavy atom. The summed E-state index contributed by atoms with van der Waals surface area (Å²) in [5.74, 6) is 0.929. The van der Waals surface area contributed by atoms with Gasteiger partial charge in [-0.2, -0.15) is 0 Å². The minimum absolute atomic E-state index is 0.401. The number of nitrogens with zero attached hydrogens (tertiary/aromatic N) is 5. The highest BCUT2D eigenvalue weighted by atomic mass is 15.3. The van der Waals surface area contributed by atoms with E-state index in [0.29, 0.717) is 18.6 Å². The van der Waals surface area contributed by atoms with E-state index >= 15 is 0 Å². The molecule has 2 fully saturated rings. The first-order valence-corrected chi connectivity index (χ1v) is 11.0. The molecule has 154 valence electrons. The van der Waals surface area contributed by atoms with E-state index in [2.05, 4.69) is 49.8 Å². The number of benzene rings is 1. The van der Waals surface area contributed by atoms with Crippen molar-refractivity contribution in [2.75, 3.05) is 31.5 Å². The van der Waals surface area contributed by atoms with Crippen LogP contribution in [0.1, 0.15) is 45.1 Å². The van der Waals surface area contributed by atoms with Crippen molar-refractivity contribution in [2.45, 2.75) is 64.2 Å². The van der Waals surface area contributed by atoms with Gasteiger partial charge in [0.25, 0.3) is 0 Å². The van der Waals surface area contributed by atoms with Gasteiger partial charge in [0.15, 0.2) is 0 Å². The first-order chi connectivity index (χ1) is 14.1. The molecular formula is C23H32N6. The predicted molar refractivity (Wildman–Crippen MR) is 118 cm³/mol. The lowest BCUT2D eigenvalue weighted by Crippen LogP contribution is -2.53. The summed E-state index contributed by atoms with van der Waals surface area (Å²) in [6.45, 7) is 16.9. The number of nitrogens with one attached hydrogen (secondary N) is 1. The summed E-state index contributed by atoms with van der Waals surface area (Å²) in [6.07, 6.45) is 6.54. The standard InChI is InChI=1S/C23H32N6/c1-17(2)28-10-12-29(13-11-28)20-7-5-19(6-8-20)27-23-21-9-4-18(15-24-3)14-22(21)25-16-26-23/h4,9,14,16-17,19-20H,5-8,10-13,15H2,1-2H3,(H,25,26,27). The average Bonchev–Trinajstić information content (AvgIpc) is 2.75. The van der Waals surface area contributed by atoms with Crippen molar-refractivity contribution in [1.82, 2.24) is 19.8 Å². The minimum Gasteiger partial charge on any atom is -0.367 e. The normalized spacial score (nSPS) is 23.9. The molecule has 0 bridgehead atoms. The topological polar surface area (TPSA) is 48.7 Å². The fraction of sp³-hybridized carbons (Fsp3) is 0.609. The van der Waals surface area contributed by atoms with Crippen molar-refractivity contribution < 1.29 is 0 Å². The van der Waals surface area contributed by atoms with E-state index in [1.54, 1.807) is 6.33 Å². The predicted octanol–water partition coefficient (Wildman–Crippen LogP) is 3.80. The van der Waals surface area contributed by atoms with Gasteiger partial charge >= 0.3 is 0 Å². The average molecular weight is 393 g/mol. The van der Waals surface area contributed by atoms with Crippen LogP contribution in [0.4, 0.5) is 5.82 Å². The summed E-state index contributed by atoms with van der Waals surface area (Å²) in [5.41, 5.74) is 1.93. The number of aromatic nitrogens is 2. The Hall–Kier alpha value is -2.23. The molecule has 1 aromatic heterocycles. The Balaban J connectivity index is 1.34. The molecule has 6 nitrogen and oxygen atoms in total. The van der Waals surface area contributed by atoms with Gasteiger partial charge in [0.2, 0.25) is 6.54 Å². The van der Waals surface area contributed by atoms with E-state index in [1.165, 1.54) is 51.9 Å². The molecule has 4 rings (SSSR count). The fourth-order valence-corrected chi connectivity index (χ4v) is 4.80. The van der Waals surface area contributed by atoms with Gasteiger partial charge in [-0.25, -0.2) is 16.5 Å². The third kappa shape index (κ3) is 4.68. The maximum absolute atomic E-state index is 7.05. The van der Waals surface area contributed by atoms with Gasteiger partial charge in [0.05, 0.1) is 5.52 Å². The third-order valence-electron chi connectivity index (χ3n) is 6.60.